The molecule has 0 aliphatic carbocycles. The molecule has 0 saturated carbocycles. The largest absolute Gasteiger partial charge is 0.502 e. The fraction of sp³-hybridized carbons (Fsp3) is 0.167. The molecule has 0 heterocycles. The number of ketones is 1. The minimum Gasteiger partial charge on any atom is -0.502 e. The summed E-state index contributed by atoms with van der Waals surface area (Å²) in [6.07, 6.45) is -0.0286. The molecule has 6 nitrogen and oxygen atoms in total. The van der Waals surface area contributed by atoms with Crippen LogP contribution >= 0.6 is 24.4 Å². The zero-order valence-electron chi connectivity index (χ0n) is 13.5. The molecule has 1 unspecified atom stereocenters. The molecule has 0 saturated heterocycles. The first-order valence-electron chi connectivity index (χ1n) is 7.59. The Morgan fingerprint density at radius 3 is 2.27 bits per heavy atom. The smallest absolute Gasteiger partial charge is 0.269 e. The highest BCUT2D eigenvalue weighted by Crippen LogP contribution is 2.22. The van der Waals surface area contributed by atoms with Crippen LogP contribution in [0.1, 0.15) is 23.5 Å². The molecule has 0 aromatic heterocycles. The Bertz CT molecular complexity index is 821. The van der Waals surface area contributed by atoms with E-state index < -0.39 is 16.6 Å². The minimum absolute atomic E-state index is 0.00759. The number of thiocarbonyl (C=S) groups is 2. The first kappa shape index (κ1) is 19.6. The van der Waals surface area contributed by atoms with Crippen LogP contribution in [-0.2, 0) is 16.1 Å². The Hall–Kier alpha value is -2.71. The van der Waals surface area contributed by atoms with Crippen molar-refractivity contribution < 1.29 is 19.6 Å². The zero-order valence-corrected chi connectivity index (χ0v) is 15.2. The number of aliphatic hydroxyl groups excluding tert-OH is 1. The van der Waals surface area contributed by atoms with Crippen LogP contribution < -0.4 is 0 Å². The van der Waals surface area contributed by atoms with Crippen molar-refractivity contribution in [1.82, 2.24) is 0 Å². The van der Waals surface area contributed by atoms with E-state index in [2.05, 4.69) is 0 Å². The lowest BCUT2D eigenvalue weighted by Gasteiger charge is -2.16. The Labute approximate surface area is 160 Å². The molecule has 0 aliphatic heterocycles. The van der Waals surface area contributed by atoms with Crippen molar-refractivity contribution in [2.75, 3.05) is 0 Å². The summed E-state index contributed by atoms with van der Waals surface area (Å²) >= 11 is 9.78. The number of nitrogens with zero attached hydrogens (tertiary/aromatic N) is 1. The van der Waals surface area contributed by atoms with Crippen molar-refractivity contribution in [1.29, 1.82) is 0 Å². The van der Waals surface area contributed by atoms with Gasteiger partial charge in [-0.2, -0.15) is 0 Å². The summed E-state index contributed by atoms with van der Waals surface area (Å²) in [5.74, 6) is -1.18. The molecule has 2 rings (SSSR count). The number of carbonyl (C=O) groups is 1. The lowest BCUT2D eigenvalue weighted by molar-refractivity contribution is -0.384. The van der Waals surface area contributed by atoms with Crippen LogP contribution in [0.3, 0.4) is 0 Å². The lowest BCUT2D eigenvalue weighted by atomic mass is 9.92. The third kappa shape index (κ3) is 5.40. The number of non-ortho nitro benzene ring substituents is 1. The first-order valence-corrected chi connectivity index (χ1v) is 8.41. The Balaban J connectivity index is 2.05. The van der Waals surface area contributed by atoms with Gasteiger partial charge in [-0.3, -0.25) is 14.9 Å². The second-order valence-corrected chi connectivity index (χ2v) is 6.27. The molecule has 2 aromatic rings. The lowest BCUT2D eigenvalue weighted by Crippen LogP contribution is -2.24. The van der Waals surface area contributed by atoms with E-state index in [0.29, 0.717) is 11.1 Å². The maximum absolute atomic E-state index is 12.6. The van der Waals surface area contributed by atoms with Crippen LogP contribution in [0.15, 0.2) is 54.6 Å². The number of benzene rings is 2. The summed E-state index contributed by atoms with van der Waals surface area (Å²) in [6.45, 7) is 0.00759. The van der Waals surface area contributed by atoms with E-state index >= 15 is 0 Å². The van der Waals surface area contributed by atoms with Crippen LogP contribution in [0.2, 0.25) is 0 Å². The van der Waals surface area contributed by atoms with Gasteiger partial charge in [-0.15, -0.1) is 0 Å². The molecule has 0 aliphatic rings. The molecule has 134 valence electrons. The van der Waals surface area contributed by atoms with Gasteiger partial charge in [0, 0.05) is 18.6 Å². The zero-order chi connectivity index (χ0) is 19.1. The highest BCUT2D eigenvalue weighted by molar-refractivity contribution is 7.81. The van der Waals surface area contributed by atoms with Crippen LogP contribution in [0, 0.1) is 10.1 Å². The molecule has 0 amide bonds. The van der Waals surface area contributed by atoms with Crippen LogP contribution in [0.4, 0.5) is 5.69 Å². The molecule has 1 atom stereocenters. The normalized spacial score (nSPS) is 11.4. The Kier molecular flexibility index (Phi) is 6.88. The average molecular weight is 389 g/mol. The van der Waals surface area contributed by atoms with Gasteiger partial charge in [0.25, 0.3) is 5.69 Å². The van der Waals surface area contributed by atoms with Crippen molar-refractivity contribution in [2.45, 2.75) is 18.9 Å². The van der Waals surface area contributed by atoms with E-state index in [-0.39, 0.29) is 28.8 Å². The van der Waals surface area contributed by atoms with Crippen LogP contribution in [0.5, 0.6) is 0 Å². The van der Waals surface area contributed by atoms with Crippen molar-refractivity contribution in [3.05, 3.63) is 75.8 Å². The fourth-order valence-electron chi connectivity index (χ4n) is 2.30. The van der Waals surface area contributed by atoms with Gasteiger partial charge in [0.15, 0.2) is 5.05 Å². The van der Waals surface area contributed by atoms with E-state index in [1.807, 2.05) is 6.07 Å². The first-order chi connectivity index (χ1) is 12.4. The maximum Gasteiger partial charge on any atom is 0.269 e. The number of ether oxygens (including phenoxy) is 1. The molecular formula is C18H15NO5S2. The van der Waals surface area contributed by atoms with Gasteiger partial charge in [0.1, 0.15) is 6.61 Å². The molecule has 0 fully saturated rings. The summed E-state index contributed by atoms with van der Waals surface area (Å²) in [5, 5.41) is 19.6. The van der Waals surface area contributed by atoms with Crippen LogP contribution in [-0.4, -0.2) is 25.9 Å². The number of Topliss-reactive ketones (excluding diaryl/α,β-unsaturated/α-hetero) is 1. The maximum atomic E-state index is 12.6. The van der Waals surface area contributed by atoms with E-state index in [4.69, 9.17) is 29.2 Å². The third-order valence-corrected chi connectivity index (χ3v) is 4.10. The number of nitro benzene ring substituents is 1. The van der Waals surface area contributed by atoms with Gasteiger partial charge < -0.3 is 9.84 Å². The summed E-state index contributed by atoms with van der Waals surface area (Å²) in [7, 11) is 0. The summed E-state index contributed by atoms with van der Waals surface area (Å²) in [5.41, 5.74) is 1.28. The third-order valence-electron chi connectivity index (χ3n) is 3.62. The molecule has 2 aromatic carbocycles. The monoisotopic (exact) mass is 389 g/mol. The van der Waals surface area contributed by atoms with Crippen molar-refractivity contribution >= 4 is 46.0 Å². The van der Waals surface area contributed by atoms with Crippen molar-refractivity contribution in [2.24, 2.45) is 0 Å². The second kappa shape index (κ2) is 9.12. The number of rotatable bonds is 8. The number of carbonyl (C=O) groups excluding carboxylic acids is 1. The van der Waals surface area contributed by atoms with Gasteiger partial charge >= 0.3 is 0 Å². The van der Waals surface area contributed by atoms with E-state index in [0.717, 1.165) is 0 Å². The highest BCUT2D eigenvalue weighted by atomic mass is 32.1. The van der Waals surface area contributed by atoms with Gasteiger partial charge in [-0.25, -0.2) is 0 Å². The fourth-order valence-corrected chi connectivity index (χ4v) is 2.67. The Morgan fingerprint density at radius 2 is 1.73 bits per heavy atom. The predicted molar refractivity (Wildman–Crippen MR) is 105 cm³/mol. The summed E-state index contributed by atoms with van der Waals surface area (Å²) in [4.78, 5) is 22.8. The molecule has 26 heavy (non-hydrogen) atoms. The van der Waals surface area contributed by atoms with Crippen LogP contribution in [0.25, 0.3) is 0 Å². The van der Waals surface area contributed by atoms with Gasteiger partial charge in [0.2, 0.25) is 10.8 Å². The molecule has 8 heteroatoms. The average Bonchev–Trinajstić information content (AvgIpc) is 2.64. The number of aliphatic hydroxyl groups is 1. The number of nitro groups is 1. The molecule has 0 spiro atoms. The molecule has 1 N–H and O–H groups in total. The summed E-state index contributed by atoms with van der Waals surface area (Å²) < 4.78 is 5.36. The van der Waals surface area contributed by atoms with E-state index in [1.54, 1.807) is 24.3 Å². The standard InChI is InChI=1S/C18H15NO5S2/c20-16(25)10-15(13-4-2-1-3-5-13)17(21)18(26)24-11-12-6-8-14(9-7-12)19(22)23/h1-9,15H,10-11H2,(H,20,25). The SMILES string of the molecule is O=C(C(=S)OCc1ccc([N+](=O)[O-])cc1)C(CC(O)=S)c1ccccc1. The van der Waals surface area contributed by atoms with Crippen molar-refractivity contribution in [3.8, 4) is 0 Å². The van der Waals surface area contributed by atoms with Gasteiger partial charge in [-0.05, 0) is 47.7 Å². The number of hydrogen-bond donors (Lipinski definition) is 1. The summed E-state index contributed by atoms with van der Waals surface area (Å²) in [6, 6.07) is 14.6. The van der Waals surface area contributed by atoms with Gasteiger partial charge in [0.05, 0.1) is 10.8 Å². The molecule has 0 radical (unpaired) electrons. The number of hydrogen-bond acceptors (Lipinski definition) is 6. The Morgan fingerprint density at radius 1 is 1.12 bits per heavy atom. The second-order valence-electron chi connectivity index (χ2n) is 5.43. The molecule has 0 bridgehead atoms. The van der Waals surface area contributed by atoms with Crippen molar-refractivity contribution in [3.63, 3.8) is 0 Å². The van der Waals surface area contributed by atoms with E-state index in [9.17, 15) is 20.0 Å². The molecular weight excluding hydrogens is 374 g/mol. The topological polar surface area (TPSA) is 89.7 Å². The highest BCUT2D eigenvalue weighted by Gasteiger charge is 2.26. The van der Waals surface area contributed by atoms with Gasteiger partial charge in [-0.1, -0.05) is 30.3 Å². The predicted octanol–water partition coefficient (Wildman–Crippen LogP) is 4.07. The quantitative estimate of drug-likeness (QED) is 0.413. The van der Waals surface area contributed by atoms with E-state index in [1.165, 1.54) is 24.3 Å². The minimum atomic E-state index is -0.724.